The second kappa shape index (κ2) is 9.16. The van der Waals surface area contributed by atoms with E-state index in [1.54, 1.807) is 31.2 Å². The van der Waals surface area contributed by atoms with Gasteiger partial charge in [-0.1, -0.05) is 41.4 Å². The lowest BCUT2D eigenvalue weighted by Crippen LogP contribution is -2.37. The number of amides is 1. The summed E-state index contributed by atoms with van der Waals surface area (Å²) in [6.45, 7) is 5.85. The van der Waals surface area contributed by atoms with Gasteiger partial charge in [0.2, 0.25) is 0 Å². The summed E-state index contributed by atoms with van der Waals surface area (Å²) >= 11 is 6.16. The van der Waals surface area contributed by atoms with Crippen LogP contribution in [0.3, 0.4) is 0 Å². The first-order valence-electron chi connectivity index (χ1n) is 10.7. The molecule has 0 aliphatic rings. The highest BCUT2D eigenvalue weighted by Gasteiger charge is 2.28. The Morgan fingerprint density at radius 3 is 2.48 bits per heavy atom. The summed E-state index contributed by atoms with van der Waals surface area (Å²) in [5.41, 5.74) is 1.82. The third-order valence-corrected chi connectivity index (χ3v) is 5.93. The van der Waals surface area contributed by atoms with Gasteiger partial charge in [-0.15, -0.1) is 0 Å². The number of hydrogen-bond donors (Lipinski definition) is 0. The summed E-state index contributed by atoms with van der Waals surface area (Å²) in [6.07, 6.45) is 0. The predicted molar refractivity (Wildman–Crippen MR) is 129 cm³/mol. The maximum Gasteiger partial charge on any atom is 0.266 e. The van der Waals surface area contributed by atoms with Gasteiger partial charge in [0.05, 0.1) is 28.2 Å². The molecule has 1 unspecified atom stereocenters. The van der Waals surface area contributed by atoms with E-state index in [4.69, 9.17) is 16.6 Å². The molecule has 33 heavy (non-hydrogen) atoms. The van der Waals surface area contributed by atoms with Gasteiger partial charge in [0.1, 0.15) is 11.6 Å². The zero-order valence-corrected chi connectivity index (χ0v) is 19.3. The molecular weight excluding hydrogens is 441 g/mol. The molecule has 0 saturated heterocycles. The Morgan fingerprint density at radius 1 is 1.12 bits per heavy atom. The molecule has 0 aliphatic carbocycles. The lowest BCUT2D eigenvalue weighted by Gasteiger charge is -2.29. The van der Waals surface area contributed by atoms with Crippen molar-refractivity contribution in [1.29, 1.82) is 0 Å². The monoisotopic (exact) mass is 463 g/mol. The topological polar surface area (TPSA) is 55.2 Å². The van der Waals surface area contributed by atoms with E-state index in [9.17, 15) is 14.0 Å². The molecule has 5 nitrogen and oxygen atoms in total. The summed E-state index contributed by atoms with van der Waals surface area (Å²) in [7, 11) is 0. The number of aromatic nitrogens is 2. The van der Waals surface area contributed by atoms with Crippen molar-refractivity contribution in [3.05, 3.63) is 105 Å². The molecule has 0 N–H and O–H groups in total. The molecule has 7 heteroatoms. The van der Waals surface area contributed by atoms with Gasteiger partial charge in [-0.25, -0.2) is 9.37 Å². The predicted octanol–water partition coefficient (Wildman–Crippen LogP) is 5.71. The molecule has 0 fully saturated rings. The number of aryl methyl sites for hydroxylation is 1. The van der Waals surface area contributed by atoms with Crippen molar-refractivity contribution in [2.45, 2.75) is 26.8 Å². The SMILES string of the molecule is CCN(C(=O)c1ccccc1F)C(C)c1nc2cc(Cl)ccc2c(=O)n1-c1ccc(C)cc1. The summed E-state index contributed by atoms with van der Waals surface area (Å²) in [5, 5.41) is 0.871. The zero-order chi connectivity index (χ0) is 23.7. The molecule has 1 aromatic heterocycles. The van der Waals surface area contributed by atoms with Crippen LogP contribution in [0.5, 0.6) is 0 Å². The van der Waals surface area contributed by atoms with Crippen LogP contribution in [0, 0.1) is 12.7 Å². The Bertz CT molecular complexity index is 1400. The largest absolute Gasteiger partial charge is 0.329 e. The van der Waals surface area contributed by atoms with Crippen LogP contribution in [0.1, 0.15) is 41.6 Å². The van der Waals surface area contributed by atoms with Gasteiger partial charge in [0, 0.05) is 11.6 Å². The first-order valence-corrected chi connectivity index (χ1v) is 11.0. The quantitative estimate of drug-likeness (QED) is 0.381. The average Bonchev–Trinajstić information content (AvgIpc) is 2.80. The molecular formula is C26H23ClFN3O2. The Hall–Kier alpha value is -3.51. The third-order valence-electron chi connectivity index (χ3n) is 5.70. The zero-order valence-electron chi connectivity index (χ0n) is 18.5. The molecule has 168 valence electrons. The van der Waals surface area contributed by atoms with E-state index in [0.29, 0.717) is 34.0 Å². The van der Waals surface area contributed by atoms with Gasteiger partial charge >= 0.3 is 0 Å². The van der Waals surface area contributed by atoms with E-state index in [-0.39, 0.29) is 11.1 Å². The Labute approximate surface area is 196 Å². The molecule has 4 rings (SSSR count). The van der Waals surface area contributed by atoms with E-state index in [2.05, 4.69) is 0 Å². The number of carbonyl (C=O) groups excluding carboxylic acids is 1. The van der Waals surface area contributed by atoms with Crippen molar-refractivity contribution >= 4 is 28.4 Å². The van der Waals surface area contributed by atoms with Crippen LogP contribution in [-0.4, -0.2) is 26.9 Å². The molecule has 0 bridgehead atoms. The Balaban J connectivity index is 1.93. The van der Waals surface area contributed by atoms with Gasteiger partial charge < -0.3 is 4.90 Å². The van der Waals surface area contributed by atoms with E-state index in [1.807, 2.05) is 38.1 Å². The number of nitrogens with zero attached hydrogens (tertiary/aromatic N) is 3. The second-order valence-electron chi connectivity index (χ2n) is 7.85. The molecule has 4 aromatic rings. The summed E-state index contributed by atoms with van der Waals surface area (Å²) in [5.74, 6) is -0.702. The fourth-order valence-electron chi connectivity index (χ4n) is 3.92. The van der Waals surface area contributed by atoms with Crippen LogP contribution in [0.15, 0.2) is 71.5 Å². The maximum absolute atomic E-state index is 14.4. The average molecular weight is 464 g/mol. The van der Waals surface area contributed by atoms with Crippen molar-refractivity contribution < 1.29 is 9.18 Å². The highest BCUT2D eigenvalue weighted by atomic mass is 35.5. The highest BCUT2D eigenvalue weighted by molar-refractivity contribution is 6.31. The summed E-state index contributed by atoms with van der Waals surface area (Å²) in [4.78, 5) is 33.1. The van der Waals surface area contributed by atoms with Crippen LogP contribution in [0.2, 0.25) is 5.02 Å². The van der Waals surface area contributed by atoms with Crippen LogP contribution in [0.25, 0.3) is 16.6 Å². The van der Waals surface area contributed by atoms with E-state index in [1.165, 1.54) is 27.7 Å². The van der Waals surface area contributed by atoms with Crippen LogP contribution < -0.4 is 5.56 Å². The molecule has 1 amide bonds. The normalized spacial score (nSPS) is 12.0. The van der Waals surface area contributed by atoms with Crippen molar-refractivity contribution in [2.24, 2.45) is 0 Å². The molecule has 1 atom stereocenters. The maximum atomic E-state index is 14.4. The number of carbonyl (C=O) groups is 1. The van der Waals surface area contributed by atoms with Crippen molar-refractivity contribution in [3.8, 4) is 5.69 Å². The molecule has 1 heterocycles. The van der Waals surface area contributed by atoms with Gasteiger partial charge in [-0.2, -0.15) is 0 Å². The molecule has 0 radical (unpaired) electrons. The van der Waals surface area contributed by atoms with Gasteiger partial charge in [0.15, 0.2) is 0 Å². The second-order valence-corrected chi connectivity index (χ2v) is 8.29. The number of halogens is 2. The minimum Gasteiger partial charge on any atom is -0.329 e. The highest BCUT2D eigenvalue weighted by Crippen LogP contribution is 2.26. The van der Waals surface area contributed by atoms with Gasteiger partial charge in [-0.3, -0.25) is 14.2 Å². The third kappa shape index (κ3) is 4.26. The summed E-state index contributed by atoms with van der Waals surface area (Å²) in [6, 6.07) is 17.7. The smallest absolute Gasteiger partial charge is 0.266 e. The number of rotatable bonds is 5. The van der Waals surface area contributed by atoms with Crippen LogP contribution >= 0.6 is 11.6 Å². The van der Waals surface area contributed by atoms with Gasteiger partial charge in [0.25, 0.3) is 11.5 Å². The first kappa shape index (κ1) is 22.7. The number of fused-ring (bicyclic) bond motifs is 1. The number of hydrogen-bond acceptors (Lipinski definition) is 3. The van der Waals surface area contributed by atoms with Crippen molar-refractivity contribution in [3.63, 3.8) is 0 Å². The first-order chi connectivity index (χ1) is 15.8. The van der Waals surface area contributed by atoms with E-state index in [0.717, 1.165) is 5.56 Å². The Morgan fingerprint density at radius 2 is 1.82 bits per heavy atom. The minimum atomic E-state index is -0.625. The lowest BCUT2D eigenvalue weighted by molar-refractivity contribution is 0.0688. The Kier molecular flexibility index (Phi) is 6.29. The van der Waals surface area contributed by atoms with Gasteiger partial charge in [-0.05, 0) is 63.2 Å². The molecule has 0 aliphatic heterocycles. The van der Waals surface area contributed by atoms with E-state index >= 15 is 0 Å². The van der Waals surface area contributed by atoms with Crippen LogP contribution in [0.4, 0.5) is 4.39 Å². The number of benzene rings is 3. The van der Waals surface area contributed by atoms with Crippen molar-refractivity contribution in [1.82, 2.24) is 14.5 Å². The molecule has 3 aromatic carbocycles. The molecule has 0 saturated carbocycles. The van der Waals surface area contributed by atoms with E-state index < -0.39 is 17.8 Å². The van der Waals surface area contributed by atoms with Crippen LogP contribution in [-0.2, 0) is 0 Å². The lowest BCUT2D eigenvalue weighted by atomic mass is 10.1. The minimum absolute atomic E-state index is 0.0285. The fraction of sp³-hybridized carbons (Fsp3) is 0.192. The fourth-order valence-corrected chi connectivity index (χ4v) is 4.09. The van der Waals surface area contributed by atoms with Crippen molar-refractivity contribution in [2.75, 3.05) is 6.54 Å². The molecule has 0 spiro atoms. The summed E-state index contributed by atoms with van der Waals surface area (Å²) < 4.78 is 15.9. The standard InChI is InChI=1S/C26H23ClFN3O2/c1-4-30(25(32)20-7-5-6-8-22(20)28)17(3)24-29-23-15-18(27)11-14-21(23)26(33)31(24)19-12-9-16(2)10-13-19/h5-15,17H,4H2,1-3H3.